The molecule has 1 rings (SSSR count). The first-order valence-corrected chi connectivity index (χ1v) is 9.11. The second kappa shape index (κ2) is 10.5. The third-order valence-corrected chi connectivity index (χ3v) is 5.28. The van der Waals surface area contributed by atoms with Crippen molar-refractivity contribution in [1.29, 1.82) is 0 Å². The van der Waals surface area contributed by atoms with Gasteiger partial charge in [0.25, 0.3) is 0 Å². The fraction of sp³-hybridized carbons (Fsp3) is 0.824. The normalized spacial score (nSPS) is 23.9. The lowest BCUT2D eigenvalue weighted by molar-refractivity contribution is -0.143. The Balaban J connectivity index is 3.06. The summed E-state index contributed by atoms with van der Waals surface area (Å²) in [4.78, 5) is 39.1. The molecule has 1 aliphatic heterocycles. The van der Waals surface area contributed by atoms with Crippen LogP contribution in [0.4, 0.5) is 0 Å². The summed E-state index contributed by atoms with van der Waals surface area (Å²) in [6.07, 6.45) is 0. The van der Waals surface area contributed by atoms with E-state index in [1.807, 2.05) is 25.7 Å². The summed E-state index contributed by atoms with van der Waals surface area (Å²) >= 11 is 0. The first-order chi connectivity index (χ1) is 12.5. The highest BCUT2D eigenvalue weighted by Crippen LogP contribution is 2.23. The maximum absolute atomic E-state index is 11.4. The summed E-state index contributed by atoms with van der Waals surface area (Å²) < 4.78 is 0. The average molecular weight is 388 g/mol. The lowest BCUT2D eigenvalue weighted by Gasteiger charge is -2.47. The minimum absolute atomic E-state index is 0.106. The van der Waals surface area contributed by atoms with Crippen molar-refractivity contribution in [2.45, 2.75) is 32.4 Å². The molecule has 10 nitrogen and oxygen atoms in total. The molecule has 1 unspecified atom stereocenters. The van der Waals surface area contributed by atoms with Gasteiger partial charge in [0.2, 0.25) is 0 Å². The zero-order valence-electron chi connectivity index (χ0n) is 16.3. The molecule has 0 spiro atoms. The van der Waals surface area contributed by atoms with Crippen molar-refractivity contribution in [2.24, 2.45) is 0 Å². The lowest BCUT2D eigenvalue weighted by Crippen LogP contribution is -2.61. The van der Waals surface area contributed by atoms with Crippen LogP contribution in [0.1, 0.15) is 20.8 Å². The van der Waals surface area contributed by atoms with Crippen molar-refractivity contribution in [3.05, 3.63) is 0 Å². The van der Waals surface area contributed by atoms with E-state index in [1.54, 1.807) is 9.80 Å². The van der Waals surface area contributed by atoms with Gasteiger partial charge in [0.1, 0.15) is 0 Å². The van der Waals surface area contributed by atoms with Crippen LogP contribution in [0.5, 0.6) is 0 Å². The van der Waals surface area contributed by atoms with E-state index < -0.39 is 23.4 Å². The molecule has 156 valence electrons. The van der Waals surface area contributed by atoms with Gasteiger partial charge in [-0.1, -0.05) is 0 Å². The highest BCUT2D eigenvalue weighted by atomic mass is 16.4. The summed E-state index contributed by atoms with van der Waals surface area (Å²) in [5.41, 5.74) is -0.591. The maximum Gasteiger partial charge on any atom is 0.317 e. The predicted molar refractivity (Wildman–Crippen MR) is 98.9 cm³/mol. The van der Waals surface area contributed by atoms with Gasteiger partial charge in [-0.05, 0) is 20.8 Å². The summed E-state index contributed by atoms with van der Waals surface area (Å²) in [6, 6.07) is -0.251. The molecule has 1 fully saturated rings. The van der Waals surface area contributed by atoms with E-state index in [4.69, 9.17) is 5.11 Å². The second-order valence-corrected chi connectivity index (χ2v) is 7.43. The zero-order valence-corrected chi connectivity index (χ0v) is 16.3. The number of nitrogens with zero attached hydrogens (tertiary/aromatic N) is 3. The fourth-order valence-electron chi connectivity index (χ4n) is 3.34. The van der Waals surface area contributed by atoms with Gasteiger partial charge in [-0.25, -0.2) is 0 Å². The van der Waals surface area contributed by atoms with Crippen LogP contribution in [0, 0.1) is 0 Å². The van der Waals surface area contributed by atoms with Gasteiger partial charge >= 0.3 is 17.9 Å². The van der Waals surface area contributed by atoms with Crippen LogP contribution in [-0.4, -0.2) is 118 Å². The molecule has 0 aromatic rings. The SMILES string of the molecule is CC1N(CC(=O)O)CCN(CC(=O)O)CCNCCN(CC(=O)O)C1(C)C. The number of carbonyl (C=O) groups is 3. The second-order valence-electron chi connectivity index (χ2n) is 7.43. The molecule has 4 N–H and O–H groups in total. The molecule has 1 aliphatic rings. The first-order valence-electron chi connectivity index (χ1n) is 9.11. The molecule has 1 heterocycles. The smallest absolute Gasteiger partial charge is 0.317 e. The minimum atomic E-state index is -0.971. The molecule has 0 aromatic heterocycles. The quantitative estimate of drug-likeness (QED) is 0.445. The van der Waals surface area contributed by atoms with Gasteiger partial charge in [-0.3, -0.25) is 29.1 Å². The van der Waals surface area contributed by atoms with Crippen LogP contribution < -0.4 is 5.32 Å². The summed E-state index contributed by atoms with van der Waals surface area (Å²) in [6.45, 7) is 8.22. The van der Waals surface area contributed by atoms with Crippen LogP contribution in [0.2, 0.25) is 0 Å². The third kappa shape index (κ3) is 7.79. The van der Waals surface area contributed by atoms with Crippen molar-refractivity contribution >= 4 is 17.9 Å². The fourth-order valence-corrected chi connectivity index (χ4v) is 3.34. The molecule has 10 heteroatoms. The van der Waals surface area contributed by atoms with Crippen molar-refractivity contribution in [2.75, 3.05) is 58.9 Å². The monoisotopic (exact) mass is 388 g/mol. The Labute approximate surface area is 159 Å². The Kier molecular flexibility index (Phi) is 9.10. The Hall–Kier alpha value is -1.75. The lowest BCUT2D eigenvalue weighted by atomic mass is 9.91. The van der Waals surface area contributed by atoms with Crippen LogP contribution in [-0.2, 0) is 14.4 Å². The van der Waals surface area contributed by atoms with E-state index in [1.165, 1.54) is 0 Å². The highest BCUT2D eigenvalue weighted by Gasteiger charge is 2.37. The molecule has 1 atom stereocenters. The van der Waals surface area contributed by atoms with Crippen molar-refractivity contribution < 1.29 is 29.7 Å². The van der Waals surface area contributed by atoms with Crippen molar-refractivity contribution in [3.63, 3.8) is 0 Å². The van der Waals surface area contributed by atoms with Gasteiger partial charge in [-0.2, -0.15) is 0 Å². The van der Waals surface area contributed by atoms with Gasteiger partial charge in [0.05, 0.1) is 19.6 Å². The van der Waals surface area contributed by atoms with Gasteiger partial charge in [-0.15, -0.1) is 0 Å². The molecule has 0 aliphatic carbocycles. The van der Waals surface area contributed by atoms with E-state index in [9.17, 15) is 24.6 Å². The number of carboxylic acids is 3. The number of rotatable bonds is 6. The molecular weight excluding hydrogens is 356 g/mol. The van der Waals surface area contributed by atoms with E-state index in [2.05, 4.69) is 5.32 Å². The number of nitrogens with one attached hydrogen (secondary N) is 1. The summed E-state index contributed by atoms with van der Waals surface area (Å²) in [5, 5.41) is 30.9. The molecular formula is C17H32N4O6. The van der Waals surface area contributed by atoms with Crippen molar-refractivity contribution in [1.82, 2.24) is 20.0 Å². The Morgan fingerprint density at radius 2 is 1.44 bits per heavy atom. The standard InChI is InChI=1S/C17H32N4O6/c1-13-17(2,3)21(12-16(26)27)7-5-18-4-6-19(10-14(22)23)8-9-20(13)11-15(24)25/h13,18H,4-12H2,1-3H3,(H,22,23)(H,24,25)(H,26,27). The predicted octanol–water partition coefficient (Wildman–Crippen LogP) is -1.08. The topological polar surface area (TPSA) is 134 Å². The van der Waals surface area contributed by atoms with Crippen LogP contribution in [0.3, 0.4) is 0 Å². The Bertz CT molecular complexity index is 528. The minimum Gasteiger partial charge on any atom is -0.480 e. The van der Waals surface area contributed by atoms with Gasteiger partial charge in [0, 0.05) is 50.8 Å². The number of aliphatic carboxylic acids is 3. The van der Waals surface area contributed by atoms with Crippen LogP contribution in [0.25, 0.3) is 0 Å². The first kappa shape index (κ1) is 23.3. The van der Waals surface area contributed by atoms with E-state index >= 15 is 0 Å². The van der Waals surface area contributed by atoms with E-state index in [0.717, 1.165) is 0 Å². The molecule has 0 aromatic carbocycles. The molecule has 0 radical (unpaired) electrons. The number of hydrogen-bond donors (Lipinski definition) is 4. The van der Waals surface area contributed by atoms with E-state index in [-0.39, 0.29) is 25.7 Å². The van der Waals surface area contributed by atoms with Gasteiger partial charge in [0.15, 0.2) is 0 Å². The molecule has 0 amide bonds. The third-order valence-electron chi connectivity index (χ3n) is 5.28. The van der Waals surface area contributed by atoms with Crippen LogP contribution in [0.15, 0.2) is 0 Å². The Morgan fingerprint density at radius 1 is 0.889 bits per heavy atom. The van der Waals surface area contributed by atoms with Crippen molar-refractivity contribution in [3.8, 4) is 0 Å². The van der Waals surface area contributed by atoms with Crippen LogP contribution >= 0.6 is 0 Å². The summed E-state index contributed by atoms with van der Waals surface area (Å²) in [7, 11) is 0. The highest BCUT2D eigenvalue weighted by molar-refractivity contribution is 5.70. The summed E-state index contributed by atoms with van der Waals surface area (Å²) in [5.74, 6) is -2.83. The molecule has 0 saturated carbocycles. The Morgan fingerprint density at radius 3 is 2.00 bits per heavy atom. The molecule has 1 saturated heterocycles. The molecule has 0 bridgehead atoms. The average Bonchev–Trinajstić information content (AvgIpc) is 2.53. The maximum atomic E-state index is 11.4. The van der Waals surface area contributed by atoms with E-state index in [0.29, 0.717) is 39.3 Å². The largest absolute Gasteiger partial charge is 0.480 e. The van der Waals surface area contributed by atoms with Gasteiger partial charge < -0.3 is 20.6 Å². The zero-order chi connectivity index (χ0) is 20.6. The number of carboxylic acid groups (broad SMARTS) is 3. The molecule has 27 heavy (non-hydrogen) atoms. The number of hydrogen-bond acceptors (Lipinski definition) is 7.